The van der Waals surface area contributed by atoms with Crippen LogP contribution in [0.3, 0.4) is 0 Å². The molecule has 1 aromatic heterocycles. The lowest BCUT2D eigenvalue weighted by atomic mass is 9.76. The van der Waals surface area contributed by atoms with Crippen molar-refractivity contribution in [2.75, 3.05) is 4.90 Å². The average molecular weight is 505 g/mol. The van der Waals surface area contributed by atoms with Crippen LogP contribution in [0.4, 0.5) is 5.69 Å². The van der Waals surface area contributed by atoms with Crippen LogP contribution in [0.25, 0.3) is 5.76 Å². The Kier molecular flexibility index (Phi) is 5.57. The van der Waals surface area contributed by atoms with Crippen LogP contribution < -0.4 is 4.90 Å². The summed E-state index contributed by atoms with van der Waals surface area (Å²) < 4.78 is 0.894. The normalized spacial score (nSPS) is 20.4. The summed E-state index contributed by atoms with van der Waals surface area (Å²) in [7, 11) is 0. The topological polar surface area (TPSA) is 64.4 Å². The van der Waals surface area contributed by atoms with Crippen LogP contribution in [0.2, 0.25) is 0 Å². The molecule has 0 amide bonds. The van der Waals surface area contributed by atoms with Crippen LogP contribution in [0.1, 0.15) is 35.6 Å². The van der Waals surface area contributed by atoms with E-state index in [0.717, 1.165) is 33.6 Å². The van der Waals surface area contributed by atoms with E-state index < -0.39 is 5.92 Å². The fourth-order valence-electron chi connectivity index (χ4n) is 4.58. The highest BCUT2D eigenvalue weighted by atomic mass is 79.9. The molecule has 32 heavy (non-hydrogen) atoms. The van der Waals surface area contributed by atoms with Crippen molar-refractivity contribution in [3.8, 4) is 0 Å². The van der Waals surface area contributed by atoms with Crippen molar-refractivity contribution in [3.63, 3.8) is 0 Å². The number of benzene rings is 2. The molecule has 1 aliphatic carbocycles. The van der Waals surface area contributed by atoms with Crippen LogP contribution in [0.5, 0.6) is 0 Å². The van der Waals surface area contributed by atoms with Gasteiger partial charge in [0.1, 0.15) is 11.6 Å². The predicted octanol–water partition coefficient (Wildman–Crippen LogP) is 7.07. The number of nitrogens with one attached hydrogen (secondary N) is 1. The Bertz CT molecular complexity index is 1260. The van der Waals surface area contributed by atoms with E-state index in [-0.39, 0.29) is 17.4 Å². The van der Waals surface area contributed by atoms with E-state index in [1.165, 1.54) is 0 Å². The van der Waals surface area contributed by atoms with Crippen molar-refractivity contribution in [1.29, 1.82) is 5.41 Å². The van der Waals surface area contributed by atoms with Gasteiger partial charge in [0.05, 0.1) is 11.5 Å². The first-order valence-electron chi connectivity index (χ1n) is 10.5. The fraction of sp³-hybridized carbons (Fsp3) is 0.154. The summed E-state index contributed by atoms with van der Waals surface area (Å²) in [5.41, 5.74) is 3.47. The number of halogens is 1. The fourth-order valence-corrected chi connectivity index (χ4v) is 5.81. The van der Waals surface area contributed by atoms with Gasteiger partial charge in [-0.3, -0.25) is 15.1 Å². The number of aliphatic hydroxyl groups is 1. The number of Topliss-reactive ketones (excluding diaryl/α,β-unsaturated/α-hetero) is 1. The van der Waals surface area contributed by atoms with E-state index in [1.54, 1.807) is 11.3 Å². The molecule has 0 bridgehead atoms. The molecule has 6 heteroatoms. The molecular formula is C26H21BrN2O2S. The third-order valence-electron chi connectivity index (χ3n) is 5.95. The van der Waals surface area contributed by atoms with Gasteiger partial charge in [-0.05, 0) is 42.5 Å². The smallest absolute Gasteiger partial charge is 0.161 e. The molecule has 0 radical (unpaired) electrons. The zero-order chi connectivity index (χ0) is 22.2. The van der Waals surface area contributed by atoms with Gasteiger partial charge in [0.2, 0.25) is 0 Å². The molecule has 2 heterocycles. The highest BCUT2D eigenvalue weighted by molar-refractivity contribution is 9.10. The van der Waals surface area contributed by atoms with E-state index in [0.29, 0.717) is 23.1 Å². The summed E-state index contributed by atoms with van der Waals surface area (Å²) in [6.45, 7) is 0. The number of rotatable bonds is 3. The summed E-state index contributed by atoms with van der Waals surface area (Å²) in [6, 6.07) is 21.0. The number of ketones is 1. The molecular weight excluding hydrogens is 484 g/mol. The Hall–Kier alpha value is -2.96. The van der Waals surface area contributed by atoms with Crippen molar-refractivity contribution in [1.82, 2.24) is 0 Å². The van der Waals surface area contributed by atoms with Crippen molar-refractivity contribution in [3.05, 3.63) is 104 Å². The number of carbonyl (C=O) groups is 1. The number of nitrogens with zero attached hydrogens (tertiary/aromatic N) is 1. The van der Waals surface area contributed by atoms with Crippen molar-refractivity contribution >= 4 is 50.3 Å². The lowest BCUT2D eigenvalue weighted by molar-refractivity contribution is -0.116. The maximum Gasteiger partial charge on any atom is 0.161 e. The molecule has 0 saturated heterocycles. The molecule has 0 spiro atoms. The Balaban J connectivity index is 1.82. The van der Waals surface area contributed by atoms with Gasteiger partial charge in [-0.2, -0.15) is 0 Å². The Morgan fingerprint density at radius 1 is 1.06 bits per heavy atom. The zero-order valence-corrected chi connectivity index (χ0v) is 19.6. The van der Waals surface area contributed by atoms with Crippen molar-refractivity contribution < 1.29 is 9.90 Å². The van der Waals surface area contributed by atoms with Gasteiger partial charge in [0.25, 0.3) is 0 Å². The summed E-state index contributed by atoms with van der Waals surface area (Å²) in [5.74, 6) is -0.111. The van der Waals surface area contributed by atoms with Gasteiger partial charge in [0.15, 0.2) is 5.78 Å². The molecule has 3 aromatic rings. The molecule has 2 aliphatic rings. The van der Waals surface area contributed by atoms with Gasteiger partial charge in [-0.25, -0.2) is 0 Å². The number of thiophene rings is 1. The van der Waals surface area contributed by atoms with Crippen LogP contribution in [-0.4, -0.2) is 16.7 Å². The van der Waals surface area contributed by atoms with E-state index >= 15 is 0 Å². The Morgan fingerprint density at radius 2 is 1.88 bits per heavy atom. The first-order chi connectivity index (χ1) is 15.6. The van der Waals surface area contributed by atoms with Gasteiger partial charge in [0, 0.05) is 38.3 Å². The first-order valence-corrected chi connectivity index (χ1v) is 12.2. The minimum Gasteiger partial charge on any atom is -0.507 e. The monoisotopic (exact) mass is 504 g/mol. The zero-order valence-electron chi connectivity index (χ0n) is 17.2. The van der Waals surface area contributed by atoms with Gasteiger partial charge in [-0.15, -0.1) is 11.3 Å². The molecule has 1 aliphatic heterocycles. The number of hydrogen-bond acceptors (Lipinski definition) is 4. The third-order valence-corrected chi connectivity index (χ3v) is 7.38. The molecule has 2 aromatic carbocycles. The van der Waals surface area contributed by atoms with E-state index in [9.17, 15) is 15.3 Å². The Labute approximate surface area is 199 Å². The molecule has 0 fully saturated rings. The van der Waals surface area contributed by atoms with Gasteiger partial charge >= 0.3 is 0 Å². The van der Waals surface area contributed by atoms with Crippen LogP contribution in [0.15, 0.2) is 93.4 Å². The maximum absolute atomic E-state index is 13.3. The van der Waals surface area contributed by atoms with E-state index in [2.05, 4.69) is 15.9 Å². The number of amidine groups is 1. The number of aliphatic hydroxyl groups excluding tert-OH is 1. The van der Waals surface area contributed by atoms with Gasteiger partial charge in [-0.1, -0.05) is 58.4 Å². The molecule has 4 nitrogen and oxygen atoms in total. The number of hydrogen-bond donors (Lipinski definition) is 2. The Morgan fingerprint density at radius 3 is 2.59 bits per heavy atom. The SMILES string of the molecule is N=C1/C(=C(/O)c2ccccc2)C(c2cccs2)C2=C(CCCC2=O)N1c1cccc(Br)c1. The number of carbonyl (C=O) groups excluding carboxylic acids is 1. The van der Waals surface area contributed by atoms with Crippen LogP contribution >= 0.6 is 27.3 Å². The highest BCUT2D eigenvalue weighted by Gasteiger charge is 2.43. The summed E-state index contributed by atoms with van der Waals surface area (Å²) in [5, 5.41) is 22.7. The lowest BCUT2D eigenvalue weighted by Gasteiger charge is -2.41. The minimum absolute atomic E-state index is 0.0407. The second kappa shape index (κ2) is 8.52. The van der Waals surface area contributed by atoms with Crippen LogP contribution in [0, 0.1) is 5.41 Å². The molecule has 1 atom stereocenters. The summed E-state index contributed by atoms with van der Waals surface area (Å²) in [6.07, 6.45) is 1.97. The van der Waals surface area contributed by atoms with Crippen molar-refractivity contribution in [2.45, 2.75) is 25.2 Å². The number of allylic oxidation sites excluding steroid dienone is 2. The standard InChI is InChI=1S/C26H21BrN2O2S/c27-17-9-4-10-18(15-17)29-19-11-5-12-20(30)22(19)23(21-13-6-14-32-21)24(26(29)28)25(31)16-7-2-1-3-8-16/h1-4,6-10,13-15,23,28,31H,5,11-12H2/b25-24+,28-26?. The quantitative estimate of drug-likeness (QED) is 0.375. The predicted molar refractivity (Wildman–Crippen MR) is 133 cm³/mol. The molecule has 0 saturated carbocycles. The van der Waals surface area contributed by atoms with E-state index in [1.807, 2.05) is 77.0 Å². The molecule has 160 valence electrons. The van der Waals surface area contributed by atoms with Crippen molar-refractivity contribution in [2.24, 2.45) is 0 Å². The second-order valence-electron chi connectivity index (χ2n) is 7.88. The first kappa shape index (κ1) is 20.9. The van der Waals surface area contributed by atoms with Gasteiger partial charge < -0.3 is 5.11 Å². The summed E-state index contributed by atoms with van der Waals surface area (Å²) in [4.78, 5) is 16.1. The summed E-state index contributed by atoms with van der Waals surface area (Å²) >= 11 is 5.08. The minimum atomic E-state index is -0.450. The molecule has 1 unspecified atom stereocenters. The van der Waals surface area contributed by atoms with E-state index in [4.69, 9.17) is 0 Å². The largest absolute Gasteiger partial charge is 0.507 e. The third kappa shape index (κ3) is 3.53. The second-order valence-corrected chi connectivity index (χ2v) is 9.77. The van der Waals surface area contributed by atoms with Crippen LogP contribution in [-0.2, 0) is 4.79 Å². The molecule has 5 rings (SSSR count). The lowest BCUT2D eigenvalue weighted by Crippen LogP contribution is -2.42. The maximum atomic E-state index is 13.3. The average Bonchev–Trinajstić information content (AvgIpc) is 3.33. The molecule has 2 N–H and O–H groups in total. The highest BCUT2D eigenvalue weighted by Crippen LogP contribution is 2.48. The number of anilines is 1.